The standard InChI is InChI=1S/C21H22O3/c1-21(2,3)24-20(23)18-17(14-9-5-4-6-10-14)13-15-11-7-8-12-16(15)19(18)22/h4-12,17-18H,13H2,1-3H3/t17-,18?/m0/s1. The van der Waals surface area contributed by atoms with Crippen LogP contribution < -0.4 is 0 Å². The van der Waals surface area contributed by atoms with E-state index in [1.54, 1.807) is 6.07 Å². The van der Waals surface area contributed by atoms with Gasteiger partial charge >= 0.3 is 5.97 Å². The van der Waals surface area contributed by atoms with Crippen molar-refractivity contribution in [3.63, 3.8) is 0 Å². The van der Waals surface area contributed by atoms with E-state index in [9.17, 15) is 9.59 Å². The molecule has 1 unspecified atom stereocenters. The van der Waals surface area contributed by atoms with Crippen LogP contribution in [0.2, 0.25) is 0 Å². The third kappa shape index (κ3) is 3.25. The van der Waals surface area contributed by atoms with Gasteiger partial charge in [0.25, 0.3) is 0 Å². The van der Waals surface area contributed by atoms with Gasteiger partial charge in [0, 0.05) is 11.5 Å². The zero-order valence-electron chi connectivity index (χ0n) is 14.3. The summed E-state index contributed by atoms with van der Waals surface area (Å²) in [5.41, 5.74) is 2.02. The van der Waals surface area contributed by atoms with E-state index in [1.165, 1.54) is 0 Å². The molecule has 0 saturated carbocycles. The summed E-state index contributed by atoms with van der Waals surface area (Å²) in [5.74, 6) is -1.55. The van der Waals surface area contributed by atoms with E-state index >= 15 is 0 Å². The first-order valence-electron chi connectivity index (χ1n) is 8.27. The van der Waals surface area contributed by atoms with Gasteiger partial charge in [-0.1, -0.05) is 54.6 Å². The highest BCUT2D eigenvalue weighted by molar-refractivity contribution is 6.11. The normalized spacial score (nSPS) is 20.4. The van der Waals surface area contributed by atoms with Crippen molar-refractivity contribution in [1.82, 2.24) is 0 Å². The Morgan fingerprint density at radius 1 is 1.00 bits per heavy atom. The summed E-state index contributed by atoms with van der Waals surface area (Å²) in [4.78, 5) is 25.8. The number of hydrogen-bond donors (Lipinski definition) is 0. The second kappa shape index (κ2) is 6.23. The van der Waals surface area contributed by atoms with Gasteiger partial charge in [0.15, 0.2) is 5.78 Å². The van der Waals surface area contributed by atoms with E-state index in [1.807, 2.05) is 69.3 Å². The molecule has 1 aliphatic rings. The molecule has 0 saturated heterocycles. The SMILES string of the molecule is CC(C)(C)OC(=O)C1C(=O)c2ccccc2C[C@H]1c1ccccc1. The van der Waals surface area contributed by atoms with E-state index in [2.05, 4.69) is 0 Å². The van der Waals surface area contributed by atoms with Crippen LogP contribution >= 0.6 is 0 Å². The van der Waals surface area contributed by atoms with Crippen molar-refractivity contribution in [1.29, 1.82) is 0 Å². The van der Waals surface area contributed by atoms with Crippen LogP contribution in [0.5, 0.6) is 0 Å². The molecule has 3 heteroatoms. The number of ether oxygens (including phenoxy) is 1. The Kier molecular flexibility index (Phi) is 4.27. The van der Waals surface area contributed by atoms with Crippen molar-refractivity contribution in [3.8, 4) is 0 Å². The van der Waals surface area contributed by atoms with Gasteiger partial charge in [0.1, 0.15) is 11.5 Å². The molecule has 3 rings (SSSR count). The fraction of sp³-hybridized carbons (Fsp3) is 0.333. The van der Waals surface area contributed by atoms with Crippen molar-refractivity contribution >= 4 is 11.8 Å². The molecule has 2 aromatic carbocycles. The fourth-order valence-electron chi connectivity index (χ4n) is 3.29. The average Bonchev–Trinajstić information content (AvgIpc) is 2.54. The molecule has 0 amide bonds. The zero-order chi connectivity index (χ0) is 17.3. The molecule has 24 heavy (non-hydrogen) atoms. The Hall–Kier alpha value is -2.42. The predicted molar refractivity (Wildman–Crippen MR) is 93.0 cm³/mol. The van der Waals surface area contributed by atoms with Crippen LogP contribution in [0.1, 0.15) is 48.2 Å². The Labute approximate surface area is 142 Å². The van der Waals surface area contributed by atoms with Gasteiger partial charge in [-0.2, -0.15) is 0 Å². The quantitative estimate of drug-likeness (QED) is 0.616. The molecule has 0 N–H and O–H groups in total. The van der Waals surface area contributed by atoms with Crippen molar-refractivity contribution in [2.75, 3.05) is 0 Å². The highest BCUT2D eigenvalue weighted by atomic mass is 16.6. The maximum Gasteiger partial charge on any atom is 0.318 e. The number of hydrogen-bond acceptors (Lipinski definition) is 3. The minimum absolute atomic E-state index is 0.139. The zero-order valence-corrected chi connectivity index (χ0v) is 14.3. The van der Waals surface area contributed by atoms with E-state index in [0.29, 0.717) is 12.0 Å². The monoisotopic (exact) mass is 322 g/mol. The van der Waals surface area contributed by atoms with E-state index in [0.717, 1.165) is 11.1 Å². The molecule has 0 aromatic heterocycles. The Morgan fingerprint density at radius 2 is 1.62 bits per heavy atom. The number of ketones is 1. The number of benzene rings is 2. The van der Waals surface area contributed by atoms with Crippen LogP contribution in [0.25, 0.3) is 0 Å². The van der Waals surface area contributed by atoms with Crippen LogP contribution in [0, 0.1) is 5.92 Å². The van der Waals surface area contributed by atoms with E-state index in [4.69, 9.17) is 4.74 Å². The maximum atomic E-state index is 13.0. The summed E-state index contributed by atoms with van der Waals surface area (Å²) < 4.78 is 5.55. The summed E-state index contributed by atoms with van der Waals surface area (Å²) in [6.45, 7) is 5.47. The highest BCUT2D eigenvalue weighted by Gasteiger charge is 2.43. The summed E-state index contributed by atoms with van der Waals surface area (Å²) in [5, 5.41) is 0. The van der Waals surface area contributed by atoms with Crippen LogP contribution in [0.3, 0.4) is 0 Å². The number of fused-ring (bicyclic) bond motifs is 1. The molecule has 0 radical (unpaired) electrons. The molecular formula is C21H22O3. The highest BCUT2D eigenvalue weighted by Crippen LogP contribution is 2.38. The van der Waals surface area contributed by atoms with Crippen molar-refractivity contribution in [3.05, 3.63) is 71.3 Å². The van der Waals surface area contributed by atoms with Crippen LogP contribution in [0.15, 0.2) is 54.6 Å². The van der Waals surface area contributed by atoms with E-state index < -0.39 is 17.5 Å². The molecule has 3 nitrogen and oxygen atoms in total. The van der Waals surface area contributed by atoms with Gasteiger partial charge in [0.2, 0.25) is 0 Å². The van der Waals surface area contributed by atoms with Gasteiger partial charge in [-0.3, -0.25) is 9.59 Å². The van der Waals surface area contributed by atoms with Crippen LogP contribution in [-0.2, 0) is 16.0 Å². The minimum Gasteiger partial charge on any atom is -0.459 e. The molecule has 124 valence electrons. The number of rotatable bonds is 2. The van der Waals surface area contributed by atoms with Gasteiger partial charge in [0.05, 0.1) is 0 Å². The largest absolute Gasteiger partial charge is 0.459 e. The number of carbonyl (C=O) groups is 2. The van der Waals surface area contributed by atoms with Crippen molar-refractivity contribution in [2.24, 2.45) is 5.92 Å². The van der Waals surface area contributed by atoms with E-state index in [-0.39, 0.29) is 11.7 Å². The molecular weight excluding hydrogens is 300 g/mol. The van der Waals surface area contributed by atoms with Gasteiger partial charge < -0.3 is 4.74 Å². The molecule has 2 aromatic rings. The molecule has 0 spiro atoms. The lowest BCUT2D eigenvalue weighted by atomic mass is 9.72. The number of Topliss-reactive ketones (excluding diaryl/α,β-unsaturated/α-hetero) is 1. The molecule has 0 fully saturated rings. The smallest absolute Gasteiger partial charge is 0.318 e. The Morgan fingerprint density at radius 3 is 2.29 bits per heavy atom. The maximum absolute atomic E-state index is 13.0. The van der Waals surface area contributed by atoms with Crippen molar-refractivity contribution < 1.29 is 14.3 Å². The summed E-state index contributed by atoms with van der Waals surface area (Å²) in [6.07, 6.45) is 0.663. The second-order valence-corrected chi connectivity index (χ2v) is 7.25. The van der Waals surface area contributed by atoms with Gasteiger partial charge in [-0.15, -0.1) is 0 Å². The first-order chi connectivity index (χ1) is 11.4. The molecule has 2 atom stereocenters. The predicted octanol–water partition coefficient (Wildman–Crippen LogP) is 4.17. The van der Waals surface area contributed by atoms with Crippen molar-refractivity contribution in [2.45, 2.75) is 38.7 Å². The molecule has 0 bridgehead atoms. The Bertz CT molecular complexity index is 756. The van der Waals surface area contributed by atoms with Crippen LogP contribution in [-0.4, -0.2) is 17.4 Å². The molecule has 0 aliphatic heterocycles. The summed E-state index contributed by atoms with van der Waals surface area (Å²) in [6, 6.07) is 17.3. The second-order valence-electron chi connectivity index (χ2n) is 7.25. The third-order valence-corrected chi connectivity index (χ3v) is 4.30. The number of carbonyl (C=O) groups excluding carboxylic acids is 2. The lowest BCUT2D eigenvalue weighted by Crippen LogP contribution is -2.40. The van der Waals surface area contributed by atoms with Gasteiger partial charge in [-0.05, 0) is 38.3 Å². The fourth-order valence-corrected chi connectivity index (χ4v) is 3.29. The first kappa shape index (κ1) is 16.4. The van der Waals surface area contributed by atoms with Crippen LogP contribution in [0.4, 0.5) is 0 Å². The summed E-state index contributed by atoms with van der Waals surface area (Å²) in [7, 11) is 0. The molecule has 1 aliphatic carbocycles. The first-order valence-corrected chi connectivity index (χ1v) is 8.27. The Balaban J connectivity index is 2.04. The third-order valence-electron chi connectivity index (χ3n) is 4.30. The molecule has 0 heterocycles. The summed E-state index contributed by atoms with van der Waals surface area (Å²) >= 11 is 0. The lowest BCUT2D eigenvalue weighted by Gasteiger charge is -2.32. The number of esters is 1. The lowest BCUT2D eigenvalue weighted by molar-refractivity contribution is -0.158. The van der Waals surface area contributed by atoms with Gasteiger partial charge in [-0.25, -0.2) is 0 Å². The topological polar surface area (TPSA) is 43.4 Å². The average molecular weight is 322 g/mol. The minimum atomic E-state index is -0.790.